The van der Waals surface area contributed by atoms with E-state index in [4.69, 9.17) is 4.74 Å². The third-order valence-electron chi connectivity index (χ3n) is 2.65. The molecule has 5 nitrogen and oxygen atoms in total. The Bertz CT molecular complexity index is 439. The number of rotatable bonds is 6. The Kier molecular flexibility index (Phi) is 5.36. The zero-order valence-corrected chi connectivity index (χ0v) is 11.3. The predicted molar refractivity (Wildman–Crippen MR) is 68.7 cm³/mol. The first-order valence-corrected chi connectivity index (χ1v) is 6.09. The molecular weight excluding hydrogens is 246 g/mol. The van der Waals surface area contributed by atoms with Crippen molar-refractivity contribution < 1.29 is 19.4 Å². The van der Waals surface area contributed by atoms with Crippen LogP contribution < -0.4 is 15.2 Å². The second kappa shape index (κ2) is 6.78. The first-order valence-electron chi connectivity index (χ1n) is 6.09. The van der Waals surface area contributed by atoms with Crippen LogP contribution in [0.2, 0.25) is 0 Å². The summed E-state index contributed by atoms with van der Waals surface area (Å²) in [7, 11) is 1.53. The van der Waals surface area contributed by atoms with Gasteiger partial charge in [0, 0.05) is 5.56 Å². The Morgan fingerprint density at radius 2 is 1.84 bits per heavy atom. The molecule has 0 spiro atoms. The first-order chi connectivity index (χ1) is 8.93. The standard InChI is InChI=1S/C14H19NO4/c1-9(2)8-12(14(17)18)15-13(16)10-4-6-11(19-3)7-5-10/h4-7,9,12H,8H2,1-3H3,(H,15,16)(H,17,18)/p-1/t12-/m1/s1. The summed E-state index contributed by atoms with van der Waals surface area (Å²) in [5.74, 6) is -0.915. The highest BCUT2D eigenvalue weighted by Gasteiger charge is 2.16. The number of carbonyl (C=O) groups excluding carboxylic acids is 2. The smallest absolute Gasteiger partial charge is 0.251 e. The van der Waals surface area contributed by atoms with Crippen molar-refractivity contribution in [3.05, 3.63) is 29.8 Å². The number of carboxylic acids is 1. The summed E-state index contributed by atoms with van der Waals surface area (Å²) >= 11 is 0. The Balaban J connectivity index is 2.72. The molecule has 0 fully saturated rings. The minimum atomic E-state index is -1.27. The molecule has 19 heavy (non-hydrogen) atoms. The highest BCUT2D eigenvalue weighted by Crippen LogP contribution is 2.12. The van der Waals surface area contributed by atoms with Gasteiger partial charge in [-0.1, -0.05) is 13.8 Å². The van der Waals surface area contributed by atoms with E-state index in [0.29, 0.717) is 17.7 Å². The fourth-order valence-electron chi connectivity index (χ4n) is 1.67. The Hall–Kier alpha value is -2.04. The molecule has 1 atom stereocenters. The minimum Gasteiger partial charge on any atom is -0.548 e. The maximum atomic E-state index is 11.9. The lowest BCUT2D eigenvalue weighted by atomic mass is 10.0. The second-order valence-electron chi connectivity index (χ2n) is 4.70. The number of aliphatic carboxylic acids is 1. The van der Waals surface area contributed by atoms with Gasteiger partial charge in [0.2, 0.25) is 0 Å². The van der Waals surface area contributed by atoms with Gasteiger partial charge in [0.15, 0.2) is 0 Å². The molecular formula is C14H18NO4-. The molecule has 1 aromatic carbocycles. The van der Waals surface area contributed by atoms with Gasteiger partial charge in [0.25, 0.3) is 5.91 Å². The number of methoxy groups -OCH3 is 1. The van der Waals surface area contributed by atoms with Gasteiger partial charge in [0.1, 0.15) is 5.75 Å². The maximum absolute atomic E-state index is 11.9. The van der Waals surface area contributed by atoms with Crippen LogP contribution in [0.5, 0.6) is 5.75 Å². The average Bonchev–Trinajstić information content (AvgIpc) is 2.37. The summed E-state index contributed by atoms with van der Waals surface area (Å²) in [5.41, 5.74) is 0.385. The highest BCUT2D eigenvalue weighted by molar-refractivity contribution is 5.96. The summed E-state index contributed by atoms with van der Waals surface area (Å²) < 4.78 is 4.99. The van der Waals surface area contributed by atoms with E-state index in [2.05, 4.69) is 5.32 Å². The molecule has 5 heteroatoms. The zero-order chi connectivity index (χ0) is 14.4. The molecule has 1 N–H and O–H groups in total. The van der Waals surface area contributed by atoms with E-state index in [9.17, 15) is 14.7 Å². The van der Waals surface area contributed by atoms with E-state index in [-0.39, 0.29) is 5.92 Å². The number of nitrogens with one attached hydrogen (secondary N) is 1. The average molecular weight is 264 g/mol. The van der Waals surface area contributed by atoms with E-state index < -0.39 is 17.9 Å². The Morgan fingerprint density at radius 3 is 2.26 bits per heavy atom. The molecule has 0 aliphatic carbocycles. The molecule has 0 saturated heterocycles. The number of ether oxygens (including phenoxy) is 1. The monoisotopic (exact) mass is 264 g/mol. The van der Waals surface area contributed by atoms with Gasteiger partial charge in [-0.3, -0.25) is 4.79 Å². The summed E-state index contributed by atoms with van der Waals surface area (Å²) in [6.07, 6.45) is 0.338. The largest absolute Gasteiger partial charge is 0.548 e. The van der Waals surface area contributed by atoms with Crippen molar-refractivity contribution in [1.29, 1.82) is 0 Å². The first kappa shape index (κ1) is 15.0. The topological polar surface area (TPSA) is 78.5 Å². The zero-order valence-electron chi connectivity index (χ0n) is 11.3. The fourth-order valence-corrected chi connectivity index (χ4v) is 1.67. The highest BCUT2D eigenvalue weighted by atomic mass is 16.5. The quantitative estimate of drug-likeness (QED) is 0.815. The van der Waals surface area contributed by atoms with Crippen molar-refractivity contribution in [3.8, 4) is 5.75 Å². The minimum absolute atomic E-state index is 0.152. The van der Waals surface area contributed by atoms with Crippen LogP contribution in [0.4, 0.5) is 0 Å². The van der Waals surface area contributed by atoms with E-state index in [1.165, 1.54) is 7.11 Å². The van der Waals surface area contributed by atoms with Crippen molar-refractivity contribution in [2.75, 3.05) is 7.11 Å². The summed E-state index contributed by atoms with van der Waals surface area (Å²) in [5, 5.41) is 13.4. The van der Waals surface area contributed by atoms with Crippen LogP contribution in [-0.2, 0) is 4.79 Å². The molecule has 1 amide bonds. The van der Waals surface area contributed by atoms with Crippen LogP contribution >= 0.6 is 0 Å². The van der Waals surface area contributed by atoms with Gasteiger partial charge in [0.05, 0.1) is 19.1 Å². The van der Waals surface area contributed by atoms with E-state index in [1.54, 1.807) is 24.3 Å². The third-order valence-corrected chi connectivity index (χ3v) is 2.65. The molecule has 0 saturated carbocycles. The lowest BCUT2D eigenvalue weighted by Gasteiger charge is -2.21. The number of amides is 1. The van der Waals surface area contributed by atoms with Crippen molar-refractivity contribution >= 4 is 11.9 Å². The third kappa shape index (κ3) is 4.62. The maximum Gasteiger partial charge on any atom is 0.251 e. The van der Waals surface area contributed by atoms with E-state index in [0.717, 1.165) is 0 Å². The van der Waals surface area contributed by atoms with Crippen molar-refractivity contribution in [2.24, 2.45) is 5.92 Å². The SMILES string of the molecule is COc1ccc(C(=O)N[C@H](CC(C)C)C(=O)[O-])cc1. The van der Waals surface area contributed by atoms with Gasteiger partial charge in [-0.25, -0.2) is 0 Å². The summed E-state index contributed by atoms with van der Waals surface area (Å²) in [4.78, 5) is 22.9. The number of benzene rings is 1. The van der Waals surface area contributed by atoms with Gasteiger partial charge in [-0.2, -0.15) is 0 Å². The molecule has 0 aromatic heterocycles. The summed E-state index contributed by atoms with van der Waals surface area (Å²) in [6.45, 7) is 3.77. The molecule has 0 aliphatic rings. The lowest BCUT2D eigenvalue weighted by molar-refractivity contribution is -0.308. The van der Waals surface area contributed by atoms with Crippen LogP contribution in [0.15, 0.2) is 24.3 Å². The van der Waals surface area contributed by atoms with Gasteiger partial charge in [-0.05, 0) is 36.6 Å². The number of carboxylic acid groups (broad SMARTS) is 1. The van der Waals surface area contributed by atoms with Crippen LogP contribution in [-0.4, -0.2) is 25.0 Å². The molecule has 1 rings (SSSR count). The molecule has 1 aromatic rings. The van der Waals surface area contributed by atoms with Crippen LogP contribution in [0.1, 0.15) is 30.6 Å². The van der Waals surface area contributed by atoms with Crippen molar-refractivity contribution in [3.63, 3.8) is 0 Å². The Labute approximate surface area is 112 Å². The number of carbonyl (C=O) groups is 2. The molecule has 0 aliphatic heterocycles. The van der Waals surface area contributed by atoms with Gasteiger partial charge < -0.3 is 20.0 Å². The second-order valence-corrected chi connectivity index (χ2v) is 4.70. The number of hydrogen-bond donors (Lipinski definition) is 1. The number of hydrogen-bond acceptors (Lipinski definition) is 4. The molecule has 0 bridgehead atoms. The molecule has 0 radical (unpaired) electrons. The Morgan fingerprint density at radius 1 is 1.26 bits per heavy atom. The molecule has 104 valence electrons. The van der Waals surface area contributed by atoms with Crippen molar-refractivity contribution in [1.82, 2.24) is 5.32 Å². The van der Waals surface area contributed by atoms with Crippen LogP contribution in [0.3, 0.4) is 0 Å². The fraction of sp³-hybridized carbons (Fsp3) is 0.429. The van der Waals surface area contributed by atoms with E-state index >= 15 is 0 Å². The normalized spacial score (nSPS) is 12.0. The van der Waals surface area contributed by atoms with Crippen LogP contribution in [0, 0.1) is 5.92 Å². The predicted octanol–water partition coefficient (Wildman–Crippen LogP) is 0.590. The lowest BCUT2D eigenvalue weighted by Crippen LogP contribution is -2.48. The van der Waals surface area contributed by atoms with Gasteiger partial charge >= 0.3 is 0 Å². The van der Waals surface area contributed by atoms with Gasteiger partial charge in [-0.15, -0.1) is 0 Å². The molecule has 0 unspecified atom stereocenters. The summed E-state index contributed by atoms with van der Waals surface area (Å²) in [6, 6.07) is 5.47. The van der Waals surface area contributed by atoms with E-state index in [1.807, 2.05) is 13.8 Å². The van der Waals surface area contributed by atoms with Crippen LogP contribution in [0.25, 0.3) is 0 Å². The molecule has 0 heterocycles. The van der Waals surface area contributed by atoms with Crippen molar-refractivity contribution in [2.45, 2.75) is 26.3 Å².